The Hall–Kier alpha value is -2.69. The van der Waals surface area contributed by atoms with Gasteiger partial charge >= 0.3 is 5.97 Å². The molecule has 1 amide bonds. The fraction of sp³-hybridized carbons (Fsp3) is 0.263. The molecule has 0 atom stereocenters. The Labute approximate surface area is 140 Å². The van der Waals surface area contributed by atoms with Crippen molar-refractivity contribution in [1.82, 2.24) is 0 Å². The number of aryl methyl sites for hydroxylation is 2. The molecule has 2 aromatic rings. The van der Waals surface area contributed by atoms with Crippen LogP contribution < -0.4 is 5.32 Å². The van der Waals surface area contributed by atoms with Crippen LogP contribution in [-0.4, -0.2) is 18.5 Å². The molecule has 24 heavy (non-hydrogen) atoms. The summed E-state index contributed by atoms with van der Waals surface area (Å²) < 4.78 is 18.4. The van der Waals surface area contributed by atoms with Crippen LogP contribution in [0.2, 0.25) is 0 Å². The van der Waals surface area contributed by atoms with Gasteiger partial charge in [-0.3, -0.25) is 9.59 Å². The number of ether oxygens (including phenoxy) is 1. The van der Waals surface area contributed by atoms with Crippen LogP contribution in [0.1, 0.15) is 23.6 Å². The molecule has 0 unspecified atom stereocenters. The minimum absolute atomic E-state index is 0.204. The molecule has 0 fully saturated rings. The Morgan fingerprint density at radius 1 is 1.08 bits per heavy atom. The second-order valence-electron chi connectivity index (χ2n) is 5.44. The molecule has 2 aromatic carbocycles. The van der Waals surface area contributed by atoms with Crippen LogP contribution in [0.4, 0.5) is 10.1 Å². The number of hydrogen-bond acceptors (Lipinski definition) is 3. The van der Waals surface area contributed by atoms with Crippen molar-refractivity contribution in [2.45, 2.75) is 26.7 Å². The SMILES string of the molecule is CCc1cccc(C)c1NC(=O)COC(=O)Cc1ccccc1F. The number of halogens is 1. The van der Waals surface area contributed by atoms with Crippen LogP contribution in [0, 0.1) is 12.7 Å². The predicted molar refractivity (Wildman–Crippen MR) is 90.2 cm³/mol. The third-order valence-electron chi connectivity index (χ3n) is 3.66. The zero-order chi connectivity index (χ0) is 17.5. The third kappa shape index (κ3) is 4.65. The van der Waals surface area contributed by atoms with E-state index in [9.17, 15) is 14.0 Å². The lowest BCUT2D eigenvalue weighted by Gasteiger charge is -2.13. The van der Waals surface area contributed by atoms with Gasteiger partial charge in [-0.1, -0.05) is 43.3 Å². The quantitative estimate of drug-likeness (QED) is 0.826. The lowest BCUT2D eigenvalue weighted by Crippen LogP contribution is -2.22. The topological polar surface area (TPSA) is 55.4 Å². The number of esters is 1. The van der Waals surface area contributed by atoms with E-state index in [1.807, 2.05) is 32.0 Å². The zero-order valence-electron chi connectivity index (χ0n) is 13.8. The number of nitrogens with one attached hydrogen (secondary N) is 1. The molecule has 0 radical (unpaired) electrons. The summed E-state index contributed by atoms with van der Waals surface area (Å²) in [5, 5.41) is 2.77. The Bertz CT molecular complexity index is 743. The fourth-order valence-electron chi connectivity index (χ4n) is 2.37. The second kappa shape index (κ2) is 8.24. The molecule has 0 aromatic heterocycles. The van der Waals surface area contributed by atoms with Gasteiger partial charge in [-0.25, -0.2) is 4.39 Å². The molecule has 0 aliphatic rings. The van der Waals surface area contributed by atoms with E-state index in [1.54, 1.807) is 12.1 Å². The number of carbonyl (C=O) groups excluding carboxylic acids is 2. The Morgan fingerprint density at radius 2 is 1.79 bits per heavy atom. The van der Waals surface area contributed by atoms with Crippen molar-refractivity contribution in [2.75, 3.05) is 11.9 Å². The van der Waals surface area contributed by atoms with E-state index in [4.69, 9.17) is 4.74 Å². The van der Waals surface area contributed by atoms with Gasteiger partial charge in [0.2, 0.25) is 0 Å². The summed E-state index contributed by atoms with van der Waals surface area (Å²) in [6, 6.07) is 11.7. The molecule has 5 heteroatoms. The van der Waals surface area contributed by atoms with Crippen molar-refractivity contribution in [2.24, 2.45) is 0 Å². The molecule has 0 heterocycles. The maximum atomic E-state index is 13.5. The van der Waals surface area contributed by atoms with Crippen molar-refractivity contribution < 1.29 is 18.7 Å². The van der Waals surface area contributed by atoms with E-state index in [1.165, 1.54) is 12.1 Å². The maximum Gasteiger partial charge on any atom is 0.310 e. The van der Waals surface area contributed by atoms with Crippen LogP contribution in [0.15, 0.2) is 42.5 Å². The first-order chi connectivity index (χ1) is 11.5. The van der Waals surface area contributed by atoms with Gasteiger partial charge in [0.05, 0.1) is 6.42 Å². The van der Waals surface area contributed by atoms with Gasteiger partial charge in [-0.05, 0) is 36.1 Å². The average molecular weight is 329 g/mol. The molecular formula is C19H20FNO3. The number of hydrogen-bond donors (Lipinski definition) is 1. The minimum Gasteiger partial charge on any atom is -0.455 e. The lowest BCUT2D eigenvalue weighted by molar-refractivity contribution is -0.146. The summed E-state index contributed by atoms with van der Waals surface area (Å²) in [7, 11) is 0. The zero-order valence-corrected chi connectivity index (χ0v) is 13.8. The fourth-order valence-corrected chi connectivity index (χ4v) is 2.37. The van der Waals surface area contributed by atoms with Crippen LogP contribution in [0.3, 0.4) is 0 Å². The van der Waals surface area contributed by atoms with Crippen LogP contribution >= 0.6 is 0 Å². The molecule has 0 saturated carbocycles. The number of benzene rings is 2. The van der Waals surface area contributed by atoms with E-state index in [2.05, 4.69) is 5.32 Å². The molecule has 4 nitrogen and oxygen atoms in total. The predicted octanol–water partition coefficient (Wildman–Crippen LogP) is 3.42. The largest absolute Gasteiger partial charge is 0.455 e. The monoisotopic (exact) mass is 329 g/mol. The molecule has 0 aliphatic heterocycles. The molecule has 0 aliphatic carbocycles. The number of para-hydroxylation sites is 1. The highest BCUT2D eigenvalue weighted by atomic mass is 19.1. The van der Waals surface area contributed by atoms with Crippen molar-refractivity contribution in [3.8, 4) is 0 Å². The summed E-state index contributed by atoms with van der Waals surface area (Å²) in [6.07, 6.45) is 0.578. The van der Waals surface area contributed by atoms with Gasteiger partial charge in [0.25, 0.3) is 5.91 Å². The highest BCUT2D eigenvalue weighted by Gasteiger charge is 2.13. The van der Waals surface area contributed by atoms with Crippen LogP contribution in [0.5, 0.6) is 0 Å². The maximum absolute atomic E-state index is 13.5. The average Bonchev–Trinajstić information content (AvgIpc) is 2.57. The summed E-state index contributed by atoms with van der Waals surface area (Å²) in [5.74, 6) is -1.52. The molecular weight excluding hydrogens is 309 g/mol. The van der Waals surface area contributed by atoms with Gasteiger partial charge in [0.15, 0.2) is 6.61 Å². The molecule has 1 N–H and O–H groups in total. The first kappa shape index (κ1) is 17.7. The van der Waals surface area contributed by atoms with Crippen molar-refractivity contribution in [3.63, 3.8) is 0 Å². The summed E-state index contributed by atoms with van der Waals surface area (Å²) in [6.45, 7) is 3.50. The van der Waals surface area contributed by atoms with E-state index in [0.717, 1.165) is 23.2 Å². The number of amides is 1. The van der Waals surface area contributed by atoms with Gasteiger partial charge in [0.1, 0.15) is 5.82 Å². The molecule has 126 valence electrons. The Morgan fingerprint density at radius 3 is 2.50 bits per heavy atom. The minimum atomic E-state index is -0.643. The Kier molecular flexibility index (Phi) is 6.07. The first-order valence-electron chi connectivity index (χ1n) is 7.78. The number of rotatable bonds is 6. The van der Waals surface area contributed by atoms with Gasteiger partial charge in [-0.2, -0.15) is 0 Å². The van der Waals surface area contributed by atoms with E-state index in [0.29, 0.717) is 0 Å². The van der Waals surface area contributed by atoms with Crippen molar-refractivity contribution in [3.05, 3.63) is 65.0 Å². The third-order valence-corrected chi connectivity index (χ3v) is 3.66. The molecule has 2 rings (SSSR count). The lowest BCUT2D eigenvalue weighted by atomic mass is 10.1. The van der Waals surface area contributed by atoms with E-state index < -0.39 is 24.3 Å². The van der Waals surface area contributed by atoms with E-state index >= 15 is 0 Å². The second-order valence-corrected chi connectivity index (χ2v) is 5.44. The van der Waals surface area contributed by atoms with Crippen LogP contribution in [0.25, 0.3) is 0 Å². The van der Waals surface area contributed by atoms with Gasteiger partial charge in [0, 0.05) is 5.69 Å². The molecule has 0 bridgehead atoms. The standard InChI is InChI=1S/C19H20FNO3/c1-3-14-9-6-7-13(2)19(14)21-17(22)12-24-18(23)11-15-8-4-5-10-16(15)20/h4-10H,3,11-12H2,1-2H3,(H,21,22). The van der Waals surface area contributed by atoms with Gasteiger partial charge < -0.3 is 10.1 Å². The highest BCUT2D eigenvalue weighted by molar-refractivity contribution is 5.94. The van der Waals surface area contributed by atoms with Crippen LogP contribution in [-0.2, 0) is 27.2 Å². The molecule has 0 spiro atoms. The summed E-state index contributed by atoms with van der Waals surface area (Å²) >= 11 is 0. The van der Waals surface area contributed by atoms with Crippen molar-refractivity contribution >= 4 is 17.6 Å². The van der Waals surface area contributed by atoms with E-state index in [-0.39, 0.29) is 12.0 Å². The summed E-state index contributed by atoms with van der Waals surface area (Å²) in [4.78, 5) is 23.7. The smallest absolute Gasteiger partial charge is 0.310 e. The normalized spacial score (nSPS) is 10.3. The first-order valence-corrected chi connectivity index (χ1v) is 7.78. The number of carbonyl (C=O) groups is 2. The van der Waals surface area contributed by atoms with Gasteiger partial charge in [-0.15, -0.1) is 0 Å². The summed E-state index contributed by atoms with van der Waals surface area (Å²) in [5.41, 5.74) is 2.95. The van der Waals surface area contributed by atoms with Crippen molar-refractivity contribution in [1.29, 1.82) is 0 Å². The Balaban J connectivity index is 1.90. The molecule has 0 saturated heterocycles. The number of anilines is 1. The highest BCUT2D eigenvalue weighted by Crippen LogP contribution is 2.20.